The van der Waals surface area contributed by atoms with Gasteiger partial charge >= 0.3 is 0 Å². The molecule has 0 unspecified atom stereocenters. The van der Waals surface area contributed by atoms with Gasteiger partial charge in [-0.15, -0.1) is 0 Å². The van der Waals surface area contributed by atoms with Gasteiger partial charge in [0, 0.05) is 42.7 Å². The van der Waals surface area contributed by atoms with Crippen molar-refractivity contribution in [3.63, 3.8) is 0 Å². The van der Waals surface area contributed by atoms with Gasteiger partial charge in [0.15, 0.2) is 0 Å². The van der Waals surface area contributed by atoms with Gasteiger partial charge in [0.25, 0.3) is 0 Å². The van der Waals surface area contributed by atoms with E-state index in [0.717, 1.165) is 31.6 Å². The average molecular weight is 313 g/mol. The minimum atomic E-state index is 0.165. The number of amides is 1. The van der Waals surface area contributed by atoms with E-state index < -0.39 is 0 Å². The fourth-order valence-corrected chi connectivity index (χ4v) is 3.43. The Kier molecular flexibility index (Phi) is 5.01. The molecule has 1 aromatic heterocycles. The van der Waals surface area contributed by atoms with Crippen molar-refractivity contribution in [2.24, 2.45) is 5.92 Å². The number of nitrogens with one attached hydrogen (secondary N) is 2. The molecule has 4 heteroatoms. The normalized spacial score (nSPS) is 18.8. The molecule has 1 saturated heterocycles. The summed E-state index contributed by atoms with van der Waals surface area (Å²) in [5.74, 6) is 0.771. The van der Waals surface area contributed by atoms with E-state index in [1.807, 2.05) is 18.3 Å². The number of nitrogens with zero attached hydrogens (tertiary/aromatic N) is 1. The number of likely N-dealkylation sites (tertiary alicyclic amines) is 1. The number of hydrogen-bond donors (Lipinski definition) is 2. The van der Waals surface area contributed by atoms with Crippen LogP contribution in [0, 0.1) is 5.92 Å². The number of aryl methyl sites for hydroxylation is 1. The second-order valence-electron chi connectivity index (χ2n) is 6.91. The zero-order chi connectivity index (χ0) is 16.2. The van der Waals surface area contributed by atoms with Crippen molar-refractivity contribution in [1.29, 1.82) is 0 Å². The summed E-state index contributed by atoms with van der Waals surface area (Å²) < 4.78 is 0. The topological polar surface area (TPSA) is 48.1 Å². The molecule has 3 rings (SSSR count). The molecule has 1 aliphatic heterocycles. The van der Waals surface area contributed by atoms with E-state index in [2.05, 4.69) is 41.2 Å². The minimum Gasteiger partial charge on any atom is -0.361 e. The number of H-pyrrole nitrogens is 1. The number of carbonyl (C=O) groups excluding carboxylic acids is 1. The first kappa shape index (κ1) is 16.1. The van der Waals surface area contributed by atoms with E-state index in [9.17, 15) is 4.79 Å². The molecule has 1 amide bonds. The number of carbonyl (C=O) groups is 1. The van der Waals surface area contributed by atoms with Crippen LogP contribution >= 0.6 is 0 Å². The van der Waals surface area contributed by atoms with Gasteiger partial charge in [-0.05, 0) is 50.8 Å². The lowest BCUT2D eigenvalue weighted by molar-refractivity contribution is -0.121. The predicted molar refractivity (Wildman–Crippen MR) is 94.4 cm³/mol. The van der Waals surface area contributed by atoms with E-state index in [-0.39, 0.29) is 5.91 Å². The van der Waals surface area contributed by atoms with Gasteiger partial charge in [-0.1, -0.05) is 18.2 Å². The Morgan fingerprint density at radius 1 is 1.39 bits per heavy atom. The Morgan fingerprint density at radius 2 is 2.22 bits per heavy atom. The minimum absolute atomic E-state index is 0.165. The molecule has 2 heterocycles. The molecule has 1 atom stereocenters. The van der Waals surface area contributed by atoms with Crippen LogP contribution in [0.2, 0.25) is 0 Å². The van der Waals surface area contributed by atoms with Gasteiger partial charge in [0.1, 0.15) is 0 Å². The van der Waals surface area contributed by atoms with Crippen molar-refractivity contribution in [3.05, 3.63) is 36.0 Å². The van der Waals surface area contributed by atoms with E-state index in [4.69, 9.17) is 0 Å². The maximum absolute atomic E-state index is 12.1. The first-order valence-corrected chi connectivity index (χ1v) is 8.69. The van der Waals surface area contributed by atoms with Crippen LogP contribution in [0.15, 0.2) is 30.5 Å². The third-order valence-electron chi connectivity index (χ3n) is 4.93. The van der Waals surface area contributed by atoms with E-state index in [1.54, 1.807) is 0 Å². The zero-order valence-corrected chi connectivity index (χ0v) is 14.1. The summed E-state index contributed by atoms with van der Waals surface area (Å²) in [7, 11) is 0. The van der Waals surface area contributed by atoms with Crippen LogP contribution in [0.25, 0.3) is 10.9 Å². The molecule has 23 heavy (non-hydrogen) atoms. The highest BCUT2D eigenvalue weighted by Gasteiger charge is 2.24. The summed E-state index contributed by atoms with van der Waals surface area (Å²) in [6.45, 7) is 7.56. The average Bonchev–Trinajstić information content (AvgIpc) is 3.18. The van der Waals surface area contributed by atoms with Crippen LogP contribution in [0.4, 0.5) is 0 Å². The van der Waals surface area contributed by atoms with Crippen molar-refractivity contribution in [3.8, 4) is 0 Å². The molecule has 0 radical (unpaired) electrons. The van der Waals surface area contributed by atoms with Crippen LogP contribution < -0.4 is 5.32 Å². The molecule has 4 nitrogen and oxygen atoms in total. The van der Waals surface area contributed by atoms with Gasteiger partial charge in [0.2, 0.25) is 5.91 Å². The highest BCUT2D eigenvalue weighted by atomic mass is 16.1. The quantitative estimate of drug-likeness (QED) is 0.861. The Bertz CT molecular complexity index is 661. The summed E-state index contributed by atoms with van der Waals surface area (Å²) in [6.07, 6.45) is 4.57. The Labute approximate surface area is 138 Å². The first-order valence-electron chi connectivity index (χ1n) is 8.69. The standard InChI is InChI=1S/C19H27N3O/c1-14(2)22-10-9-15(13-22)11-21-19(23)8-7-16-12-20-18-6-4-3-5-17(16)18/h3-6,12,14-15,20H,7-11,13H2,1-2H3,(H,21,23)/t15-/m1/s1. The van der Waals surface area contributed by atoms with E-state index in [0.29, 0.717) is 18.4 Å². The maximum atomic E-state index is 12.1. The summed E-state index contributed by atoms with van der Waals surface area (Å²) >= 11 is 0. The first-order chi connectivity index (χ1) is 11.1. The molecule has 0 spiro atoms. The second kappa shape index (κ2) is 7.18. The van der Waals surface area contributed by atoms with Gasteiger partial charge in [-0.2, -0.15) is 0 Å². The monoisotopic (exact) mass is 313 g/mol. The Morgan fingerprint density at radius 3 is 3.00 bits per heavy atom. The van der Waals surface area contributed by atoms with Crippen LogP contribution in [0.1, 0.15) is 32.3 Å². The van der Waals surface area contributed by atoms with Gasteiger partial charge in [0.05, 0.1) is 0 Å². The molecule has 0 bridgehead atoms. The number of rotatable bonds is 6. The number of para-hydroxylation sites is 1. The summed E-state index contributed by atoms with van der Waals surface area (Å²) in [4.78, 5) is 17.9. The molecule has 2 aromatic rings. The van der Waals surface area contributed by atoms with Crippen LogP contribution in [0.5, 0.6) is 0 Å². The largest absolute Gasteiger partial charge is 0.361 e. The molecule has 2 N–H and O–H groups in total. The van der Waals surface area contributed by atoms with E-state index >= 15 is 0 Å². The lowest BCUT2D eigenvalue weighted by atomic mass is 10.1. The summed E-state index contributed by atoms with van der Waals surface area (Å²) in [5.41, 5.74) is 2.37. The molecule has 1 aliphatic rings. The highest BCUT2D eigenvalue weighted by molar-refractivity contribution is 5.84. The molecule has 0 aliphatic carbocycles. The van der Waals surface area contributed by atoms with Crippen molar-refractivity contribution in [1.82, 2.24) is 15.2 Å². The highest BCUT2D eigenvalue weighted by Crippen LogP contribution is 2.19. The lowest BCUT2D eigenvalue weighted by Gasteiger charge is -2.20. The maximum Gasteiger partial charge on any atom is 0.220 e. The zero-order valence-electron chi connectivity index (χ0n) is 14.1. The van der Waals surface area contributed by atoms with Crippen LogP contribution in [-0.4, -0.2) is 41.5 Å². The molecule has 1 fully saturated rings. The summed E-state index contributed by atoms with van der Waals surface area (Å²) in [6, 6.07) is 8.85. The third kappa shape index (κ3) is 3.94. The Balaban J connectivity index is 1.43. The van der Waals surface area contributed by atoms with Crippen LogP contribution in [-0.2, 0) is 11.2 Å². The fraction of sp³-hybridized carbons (Fsp3) is 0.526. The van der Waals surface area contributed by atoms with Gasteiger partial charge in [-0.25, -0.2) is 0 Å². The summed E-state index contributed by atoms with van der Waals surface area (Å²) in [5, 5.41) is 4.34. The number of fused-ring (bicyclic) bond motifs is 1. The molecule has 124 valence electrons. The predicted octanol–water partition coefficient (Wildman–Crippen LogP) is 2.95. The van der Waals surface area contributed by atoms with E-state index in [1.165, 1.54) is 17.4 Å². The van der Waals surface area contributed by atoms with Crippen molar-refractivity contribution >= 4 is 16.8 Å². The third-order valence-corrected chi connectivity index (χ3v) is 4.93. The molecular weight excluding hydrogens is 286 g/mol. The lowest BCUT2D eigenvalue weighted by Crippen LogP contribution is -2.33. The molecule has 1 aromatic carbocycles. The number of benzene rings is 1. The van der Waals surface area contributed by atoms with Crippen molar-refractivity contribution in [2.45, 2.75) is 39.2 Å². The smallest absolute Gasteiger partial charge is 0.220 e. The van der Waals surface area contributed by atoms with Gasteiger partial charge < -0.3 is 15.2 Å². The number of hydrogen-bond acceptors (Lipinski definition) is 2. The number of aromatic nitrogens is 1. The Hall–Kier alpha value is -1.81. The SMILES string of the molecule is CC(C)N1CC[C@H](CNC(=O)CCc2c[nH]c3ccccc23)C1. The molecule has 0 saturated carbocycles. The second-order valence-corrected chi connectivity index (χ2v) is 6.91. The fourth-order valence-electron chi connectivity index (χ4n) is 3.43. The molecular formula is C19H27N3O. The van der Waals surface area contributed by atoms with Crippen LogP contribution in [0.3, 0.4) is 0 Å². The van der Waals surface area contributed by atoms with Crippen molar-refractivity contribution < 1.29 is 4.79 Å². The van der Waals surface area contributed by atoms with Gasteiger partial charge in [-0.3, -0.25) is 4.79 Å². The van der Waals surface area contributed by atoms with Crippen molar-refractivity contribution in [2.75, 3.05) is 19.6 Å². The number of aromatic amines is 1.